The van der Waals surface area contributed by atoms with E-state index in [4.69, 9.17) is 5.11 Å². The van der Waals surface area contributed by atoms with Crippen LogP contribution in [0.25, 0.3) is 0 Å². The predicted molar refractivity (Wildman–Crippen MR) is 61.0 cm³/mol. The molecule has 1 aliphatic heterocycles. The lowest BCUT2D eigenvalue weighted by atomic mass is 9.98. The minimum Gasteiger partial charge on any atom is -0.396 e. The number of aryl methyl sites for hydroxylation is 1. The van der Waals surface area contributed by atoms with Crippen molar-refractivity contribution in [3.8, 4) is 0 Å². The van der Waals surface area contributed by atoms with E-state index in [1.165, 1.54) is 34.6 Å². The molecule has 14 heavy (non-hydrogen) atoms. The van der Waals surface area contributed by atoms with Crippen molar-refractivity contribution in [2.24, 2.45) is 0 Å². The van der Waals surface area contributed by atoms with Crippen molar-refractivity contribution in [1.82, 2.24) is 0 Å². The van der Waals surface area contributed by atoms with E-state index < -0.39 is 0 Å². The molecule has 0 spiro atoms. The van der Waals surface area contributed by atoms with Crippen LogP contribution in [0.5, 0.6) is 0 Å². The molecule has 0 aromatic heterocycles. The molecule has 1 N–H and O–H groups in total. The van der Waals surface area contributed by atoms with E-state index in [2.05, 4.69) is 25.1 Å². The van der Waals surface area contributed by atoms with Crippen LogP contribution in [0.3, 0.4) is 0 Å². The van der Waals surface area contributed by atoms with Gasteiger partial charge in [0.15, 0.2) is 0 Å². The molecule has 1 heterocycles. The average Bonchev–Trinajstić information content (AvgIpc) is 2.27. The lowest BCUT2D eigenvalue weighted by molar-refractivity contribution is 0.273. The van der Waals surface area contributed by atoms with Crippen molar-refractivity contribution in [2.45, 2.75) is 30.6 Å². The third-order valence-electron chi connectivity index (χ3n) is 2.78. The Hall–Kier alpha value is -0.470. The highest BCUT2D eigenvalue weighted by Crippen LogP contribution is 2.31. The first-order valence-corrected chi connectivity index (χ1v) is 6.16. The number of benzene rings is 1. The number of aliphatic hydroxyl groups is 1. The van der Waals surface area contributed by atoms with Gasteiger partial charge in [0, 0.05) is 17.4 Å². The summed E-state index contributed by atoms with van der Waals surface area (Å²) in [6, 6.07) is 6.63. The Morgan fingerprint density at radius 1 is 1.50 bits per heavy atom. The smallest absolute Gasteiger partial charge is 0.0497 e. The van der Waals surface area contributed by atoms with Crippen molar-refractivity contribution in [3.05, 3.63) is 29.3 Å². The first kappa shape index (κ1) is 10.1. The topological polar surface area (TPSA) is 20.2 Å². The highest BCUT2D eigenvalue weighted by Gasteiger charge is 2.12. The van der Waals surface area contributed by atoms with Crippen LogP contribution in [0.15, 0.2) is 23.1 Å². The van der Waals surface area contributed by atoms with Gasteiger partial charge in [-0.25, -0.2) is 0 Å². The zero-order valence-electron chi connectivity index (χ0n) is 8.49. The van der Waals surface area contributed by atoms with Gasteiger partial charge in [0.05, 0.1) is 0 Å². The number of hydrogen-bond acceptors (Lipinski definition) is 2. The fraction of sp³-hybridized carbons (Fsp3) is 0.500. The SMILES string of the molecule is CC(CO)c1ccc2c(c1)CCCS2. The number of fused-ring (bicyclic) bond motifs is 1. The number of aliphatic hydroxyl groups excluding tert-OH is 1. The van der Waals surface area contributed by atoms with Gasteiger partial charge in [0.1, 0.15) is 0 Å². The largest absolute Gasteiger partial charge is 0.396 e. The van der Waals surface area contributed by atoms with Crippen LogP contribution in [0.1, 0.15) is 30.4 Å². The van der Waals surface area contributed by atoms with Gasteiger partial charge in [-0.05, 0) is 35.8 Å². The minimum atomic E-state index is 0.242. The zero-order chi connectivity index (χ0) is 9.97. The minimum absolute atomic E-state index is 0.242. The molecule has 2 rings (SSSR count). The Bertz CT molecular complexity index is 322. The second kappa shape index (κ2) is 4.37. The van der Waals surface area contributed by atoms with Gasteiger partial charge in [-0.15, -0.1) is 11.8 Å². The second-order valence-electron chi connectivity index (χ2n) is 3.90. The normalized spacial score (nSPS) is 17.6. The van der Waals surface area contributed by atoms with Crippen LogP contribution < -0.4 is 0 Å². The van der Waals surface area contributed by atoms with E-state index in [9.17, 15) is 0 Å². The average molecular weight is 208 g/mol. The lowest BCUT2D eigenvalue weighted by Crippen LogP contribution is -2.03. The summed E-state index contributed by atoms with van der Waals surface area (Å²) < 4.78 is 0. The summed E-state index contributed by atoms with van der Waals surface area (Å²) in [6.45, 7) is 2.31. The lowest BCUT2D eigenvalue weighted by Gasteiger charge is -2.17. The van der Waals surface area contributed by atoms with E-state index >= 15 is 0 Å². The summed E-state index contributed by atoms with van der Waals surface area (Å²) in [4.78, 5) is 1.44. The van der Waals surface area contributed by atoms with Crippen molar-refractivity contribution < 1.29 is 5.11 Å². The van der Waals surface area contributed by atoms with Crippen LogP contribution in [0.4, 0.5) is 0 Å². The van der Waals surface area contributed by atoms with Crippen molar-refractivity contribution in [2.75, 3.05) is 12.4 Å². The fourth-order valence-electron chi connectivity index (χ4n) is 1.79. The van der Waals surface area contributed by atoms with Gasteiger partial charge in [0.2, 0.25) is 0 Å². The summed E-state index contributed by atoms with van der Waals surface area (Å²) in [5, 5.41) is 9.09. The predicted octanol–water partition coefficient (Wildman–Crippen LogP) is 2.82. The van der Waals surface area contributed by atoms with Crippen molar-refractivity contribution in [1.29, 1.82) is 0 Å². The van der Waals surface area contributed by atoms with Gasteiger partial charge < -0.3 is 5.11 Å². The maximum absolute atomic E-state index is 9.09. The molecular weight excluding hydrogens is 192 g/mol. The molecule has 1 aromatic carbocycles. The first-order valence-electron chi connectivity index (χ1n) is 5.17. The maximum atomic E-state index is 9.09. The fourth-order valence-corrected chi connectivity index (χ4v) is 2.81. The standard InChI is InChI=1S/C12H16OS/c1-9(8-13)10-4-5-12-11(7-10)3-2-6-14-12/h4-5,7,9,13H,2-3,6,8H2,1H3. The molecular formula is C12H16OS. The number of rotatable bonds is 2. The van der Waals surface area contributed by atoms with Gasteiger partial charge >= 0.3 is 0 Å². The second-order valence-corrected chi connectivity index (χ2v) is 5.04. The summed E-state index contributed by atoms with van der Waals surface area (Å²) in [7, 11) is 0. The van der Waals surface area contributed by atoms with Crippen molar-refractivity contribution >= 4 is 11.8 Å². The van der Waals surface area contributed by atoms with Gasteiger partial charge in [-0.2, -0.15) is 0 Å². The molecule has 76 valence electrons. The highest BCUT2D eigenvalue weighted by molar-refractivity contribution is 7.99. The number of hydrogen-bond donors (Lipinski definition) is 1. The van der Waals surface area contributed by atoms with Gasteiger partial charge in [-0.3, -0.25) is 0 Å². The van der Waals surface area contributed by atoms with E-state index in [1.807, 2.05) is 11.8 Å². The Labute approximate surface area is 89.5 Å². The Balaban J connectivity index is 2.29. The Kier molecular flexibility index (Phi) is 3.14. The molecule has 0 saturated heterocycles. The molecule has 0 saturated carbocycles. The molecule has 1 aromatic rings. The van der Waals surface area contributed by atoms with Crippen molar-refractivity contribution in [3.63, 3.8) is 0 Å². The zero-order valence-corrected chi connectivity index (χ0v) is 9.31. The van der Waals surface area contributed by atoms with E-state index in [0.717, 1.165) is 0 Å². The molecule has 0 bridgehead atoms. The van der Waals surface area contributed by atoms with Gasteiger partial charge in [0.25, 0.3) is 0 Å². The van der Waals surface area contributed by atoms with E-state index in [-0.39, 0.29) is 12.5 Å². The quantitative estimate of drug-likeness (QED) is 0.806. The monoisotopic (exact) mass is 208 g/mol. The van der Waals surface area contributed by atoms with Crippen LogP contribution >= 0.6 is 11.8 Å². The molecule has 0 fully saturated rings. The van der Waals surface area contributed by atoms with Crippen LogP contribution in [0, 0.1) is 0 Å². The molecule has 1 nitrogen and oxygen atoms in total. The third-order valence-corrected chi connectivity index (χ3v) is 3.98. The highest BCUT2D eigenvalue weighted by atomic mass is 32.2. The molecule has 0 aliphatic carbocycles. The molecule has 1 aliphatic rings. The Morgan fingerprint density at radius 3 is 3.14 bits per heavy atom. The molecule has 0 amide bonds. The van der Waals surface area contributed by atoms with Crippen LogP contribution in [0.2, 0.25) is 0 Å². The molecule has 1 unspecified atom stereocenters. The molecule has 2 heteroatoms. The summed E-state index contributed by atoms with van der Waals surface area (Å²) in [5.74, 6) is 1.52. The third kappa shape index (κ3) is 1.96. The summed E-state index contributed by atoms with van der Waals surface area (Å²) >= 11 is 1.95. The molecule has 0 radical (unpaired) electrons. The van der Waals surface area contributed by atoms with Crippen LogP contribution in [-0.4, -0.2) is 17.5 Å². The maximum Gasteiger partial charge on any atom is 0.0497 e. The summed E-state index contributed by atoms with van der Waals surface area (Å²) in [5.41, 5.74) is 2.74. The van der Waals surface area contributed by atoms with Gasteiger partial charge in [-0.1, -0.05) is 19.1 Å². The van der Waals surface area contributed by atoms with E-state index in [0.29, 0.717) is 0 Å². The molecule has 1 atom stereocenters. The summed E-state index contributed by atoms with van der Waals surface area (Å²) in [6.07, 6.45) is 2.49. The van der Waals surface area contributed by atoms with Crippen LogP contribution in [-0.2, 0) is 6.42 Å². The first-order chi connectivity index (χ1) is 6.81. The van der Waals surface area contributed by atoms with E-state index in [1.54, 1.807) is 0 Å². The number of thioether (sulfide) groups is 1. The Morgan fingerprint density at radius 2 is 2.36 bits per heavy atom.